The number of anilines is 2. The van der Waals surface area contributed by atoms with E-state index in [1.54, 1.807) is 24.1 Å². The molecule has 0 aliphatic carbocycles. The highest BCUT2D eigenvalue weighted by atomic mass is 32.2. The van der Waals surface area contributed by atoms with Gasteiger partial charge in [-0.05, 0) is 37.1 Å². The van der Waals surface area contributed by atoms with Crippen molar-refractivity contribution in [2.24, 2.45) is 0 Å². The van der Waals surface area contributed by atoms with E-state index >= 15 is 0 Å². The molecule has 0 radical (unpaired) electrons. The number of sulfonamides is 1. The molecule has 0 saturated heterocycles. The summed E-state index contributed by atoms with van der Waals surface area (Å²) in [5.41, 5.74) is 2.79. The normalized spacial score (nSPS) is 11.6. The van der Waals surface area contributed by atoms with Crippen molar-refractivity contribution < 1.29 is 13.2 Å². The first-order chi connectivity index (χ1) is 15.4. The lowest BCUT2D eigenvalue weighted by molar-refractivity contribution is 0.415. The third-order valence-electron chi connectivity index (χ3n) is 4.97. The third-order valence-corrected chi connectivity index (χ3v) is 6.48. The Bertz CT molecular complexity index is 1370. The Morgan fingerprint density at radius 1 is 1.16 bits per heavy atom. The summed E-state index contributed by atoms with van der Waals surface area (Å²) in [6, 6.07) is 9.01. The number of methoxy groups -OCH3 is 1. The Labute approximate surface area is 186 Å². The largest absolute Gasteiger partial charge is 0.497 e. The van der Waals surface area contributed by atoms with Crippen molar-refractivity contribution in [3.05, 3.63) is 60.7 Å². The van der Waals surface area contributed by atoms with Crippen LogP contribution in [0, 0.1) is 6.92 Å². The van der Waals surface area contributed by atoms with Crippen molar-refractivity contribution >= 4 is 32.7 Å². The maximum atomic E-state index is 12.8. The minimum absolute atomic E-state index is 0.134. The predicted octanol–water partition coefficient (Wildman–Crippen LogP) is 3.56. The van der Waals surface area contributed by atoms with Crippen LogP contribution in [0.3, 0.4) is 0 Å². The molecule has 0 atom stereocenters. The van der Waals surface area contributed by atoms with Crippen molar-refractivity contribution in [2.75, 3.05) is 19.0 Å². The van der Waals surface area contributed by atoms with E-state index in [2.05, 4.69) is 25.0 Å². The molecule has 9 nitrogen and oxygen atoms in total. The van der Waals surface area contributed by atoms with Gasteiger partial charge in [0.1, 0.15) is 16.3 Å². The summed E-state index contributed by atoms with van der Waals surface area (Å²) in [5, 5.41) is 3.99. The molecule has 0 spiro atoms. The molecule has 0 bridgehead atoms. The van der Waals surface area contributed by atoms with E-state index in [0.717, 1.165) is 16.6 Å². The number of aryl methyl sites for hydroxylation is 1. The van der Waals surface area contributed by atoms with Crippen molar-refractivity contribution in [1.82, 2.24) is 24.2 Å². The van der Waals surface area contributed by atoms with Crippen molar-refractivity contribution in [3.8, 4) is 11.4 Å². The third kappa shape index (κ3) is 4.27. The number of nitrogens with one attached hydrogen (secondary N) is 2. The van der Waals surface area contributed by atoms with E-state index < -0.39 is 10.0 Å². The number of pyridine rings is 1. The minimum atomic E-state index is -3.70. The first kappa shape index (κ1) is 21.7. The molecule has 0 aliphatic rings. The molecule has 0 unspecified atom stereocenters. The van der Waals surface area contributed by atoms with Crippen LogP contribution in [-0.2, 0) is 10.0 Å². The summed E-state index contributed by atoms with van der Waals surface area (Å²) < 4.78 is 35.3. The molecular formula is C22H24N6O3S. The van der Waals surface area contributed by atoms with Crippen molar-refractivity contribution in [3.63, 3.8) is 0 Å². The highest BCUT2D eigenvalue weighted by Gasteiger charge is 2.20. The fraction of sp³-hybridized carbons (Fsp3) is 0.227. The van der Waals surface area contributed by atoms with Gasteiger partial charge in [-0.15, -0.1) is 0 Å². The molecule has 3 aromatic heterocycles. The number of aromatic nitrogens is 4. The average Bonchev–Trinajstić information content (AvgIpc) is 3.22. The Morgan fingerprint density at radius 3 is 2.78 bits per heavy atom. The maximum Gasteiger partial charge on any atom is 0.242 e. The van der Waals surface area contributed by atoms with Crippen LogP contribution in [0.5, 0.6) is 5.75 Å². The summed E-state index contributed by atoms with van der Waals surface area (Å²) in [5.74, 6) is 1.10. The molecule has 4 rings (SSSR count). The highest BCUT2D eigenvalue weighted by molar-refractivity contribution is 7.89. The van der Waals surface area contributed by atoms with Crippen LogP contribution in [0.1, 0.15) is 18.9 Å². The zero-order valence-corrected chi connectivity index (χ0v) is 18.8. The topological polar surface area (TPSA) is 111 Å². The smallest absolute Gasteiger partial charge is 0.242 e. The van der Waals surface area contributed by atoms with E-state index in [9.17, 15) is 8.42 Å². The van der Waals surface area contributed by atoms with Gasteiger partial charge < -0.3 is 10.1 Å². The van der Waals surface area contributed by atoms with E-state index in [-0.39, 0.29) is 4.90 Å². The second-order valence-electron chi connectivity index (χ2n) is 7.21. The summed E-state index contributed by atoms with van der Waals surface area (Å²) in [6.07, 6.45) is 7.12. The molecule has 3 heterocycles. The highest BCUT2D eigenvalue weighted by Crippen LogP contribution is 2.27. The van der Waals surface area contributed by atoms with E-state index in [1.165, 1.54) is 18.5 Å². The van der Waals surface area contributed by atoms with E-state index in [0.29, 0.717) is 36.0 Å². The number of benzene rings is 1. The molecule has 10 heteroatoms. The van der Waals surface area contributed by atoms with Crippen LogP contribution in [0.25, 0.3) is 16.7 Å². The lowest BCUT2D eigenvalue weighted by Crippen LogP contribution is -2.25. The molecular weight excluding hydrogens is 428 g/mol. The summed E-state index contributed by atoms with van der Waals surface area (Å²) in [6.45, 7) is 4.23. The molecule has 2 N–H and O–H groups in total. The molecule has 0 saturated carbocycles. The van der Waals surface area contributed by atoms with Gasteiger partial charge in [0, 0.05) is 42.3 Å². The average molecular weight is 453 g/mol. The number of hydrogen-bond acceptors (Lipinski definition) is 7. The Morgan fingerprint density at radius 2 is 2.00 bits per heavy atom. The first-order valence-electron chi connectivity index (χ1n) is 10.1. The molecule has 32 heavy (non-hydrogen) atoms. The van der Waals surface area contributed by atoms with Gasteiger partial charge in [0.05, 0.1) is 19.0 Å². The lowest BCUT2D eigenvalue weighted by Gasteiger charge is -2.13. The summed E-state index contributed by atoms with van der Waals surface area (Å²) in [4.78, 5) is 13.3. The van der Waals surface area contributed by atoms with Crippen LogP contribution in [0.15, 0.2) is 60.0 Å². The first-order valence-corrected chi connectivity index (χ1v) is 11.6. The summed E-state index contributed by atoms with van der Waals surface area (Å²) >= 11 is 0. The second kappa shape index (κ2) is 8.93. The van der Waals surface area contributed by atoms with Gasteiger partial charge in [0.25, 0.3) is 0 Å². The van der Waals surface area contributed by atoms with Crippen LogP contribution < -0.4 is 14.8 Å². The van der Waals surface area contributed by atoms with Gasteiger partial charge in [-0.3, -0.25) is 9.55 Å². The van der Waals surface area contributed by atoms with Crippen LogP contribution >= 0.6 is 0 Å². The standard InChI is InChI=1S/C22H24N6O3S/c1-4-9-25-32(29,30)20-7-10-23-14-19(20)28-11-8-16-13-24-22(27-21(16)28)26-18-12-17(31-3)6-5-15(18)2/h5-8,10-14,25H,4,9H2,1-3H3,(H,24,26,27). The van der Waals surface area contributed by atoms with Gasteiger partial charge in [-0.25, -0.2) is 18.1 Å². The monoisotopic (exact) mass is 452 g/mol. The fourth-order valence-electron chi connectivity index (χ4n) is 3.25. The number of hydrogen-bond donors (Lipinski definition) is 2. The Kier molecular flexibility index (Phi) is 6.06. The van der Waals surface area contributed by atoms with Gasteiger partial charge in [-0.2, -0.15) is 4.98 Å². The zero-order chi connectivity index (χ0) is 22.7. The summed E-state index contributed by atoms with van der Waals surface area (Å²) in [7, 11) is -2.09. The van der Waals surface area contributed by atoms with Crippen LogP contribution in [-0.4, -0.2) is 41.6 Å². The Hall–Kier alpha value is -3.50. The minimum Gasteiger partial charge on any atom is -0.497 e. The zero-order valence-electron chi connectivity index (χ0n) is 18.0. The SMILES string of the molecule is CCCNS(=O)(=O)c1ccncc1-n1ccc2cnc(Nc3cc(OC)ccc3C)nc21. The molecule has 0 fully saturated rings. The Balaban J connectivity index is 1.77. The van der Waals surface area contributed by atoms with E-state index in [4.69, 9.17) is 4.74 Å². The molecule has 1 aromatic carbocycles. The lowest BCUT2D eigenvalue weighted by atomic mass is 10.2. The number of nitrogens with zero attached hydrogens (tertiary/aromatic N) is 4. The number of rotatable bonds is 8. The number of ether oxygens (including phenoxy) is 1. The van der Waals surface area contributed by atoms with Crippen molar-refractivity contribution in [2.45, 2.75) is 25.2 Å². The van der Waals surface area contributed by atoms with Crippen LogP contribution in [0.2, 0.25) is 0 Å². The second-order valence-corrected chi connectivity index (χ2v) is 8.94. The van der Waals surface area contributed by atoms with Gasteiger partial charge >= 0.3 is 0 Å². The molecule has 0 amide bonds. The quantitative estimate of drug-likeness (QED) is 0.420. The van der Waals surface area contributed by atoms with Gasteiger partial charge in [0.15, 0.2) is 0 Å². The maximum absolute atomic E-state index is 12.8. The number of fused-ring (bicyclic) bond motifs is 1. The van der Waals surface area contributed by atoms with Gasteiger partial charge in [-0.1, -0.05) is 13.0 Å². The molecule has 166 valence electrons. The van der Waals surface area contributed by atoms with Crippen molar-refractivity contribution in [1.29, 1.82) is 0 Å². The fourth-order valence-corrected chi connectivity index (χ4v) is 4.55. The van der Waals surface area contributed by atoms with Crippen LogP contribution in [0.4, 0.5) is 11.6 Å². The molecule has 0 aliphatic heterocycles. The van der Waals surface area contributed by atoms with E-state index in [1.807, 2.05) is 38.1 Å². The predicted molar refractivity (Wildman–Crippen MR) is 123 cm³/mol. The molecule has 4 aromatic rings. The van der Waals surface area contributed by atoms with Gasteiger partial charge in [0.2, 0.25) is 16.0 Å².